The third-order valence-electron chi connectivity index (χ3n) is 2.62. The molecular formula is C13H9Br3O3S. The molecule has 3 nitrogen and oxygen atoms in total. The van der Waals surface area contributed by atoms with E-state index in [1.807, 2.05) is 0 Å². The van der Waals surface area contributed by atoms with Crippen molar-refractivity contribution in [2.24, 2.45) is 0 Å². The predicted molar refractivity (Wildman–Crippen MR) is 90.4 cm³/mol. The molecule has 0 bridgehead atoms. The summed E-state index contributed by atoms with van der Waals surface area (Å²) >= 11 is 11.6. The average Bonchev–Trinajstić information content (AvgIpc) is 2.76. The van der Waals surface area contributed by atoms with Crippen molar-refractivity contribution >= 4 is 64.9 Å². The molecule has 1 heterocycles. The van der Waals surface area contributed by atoms with Gasteiger partial charge in [-0.05, 0) is 66.0 Å². The number of rotatable bonds is 4. The Labute approximate surface area is 145 Å². The third kappa shape index (κ3) is 3.10. The summed E-state index contributed by atoms with van der Waals surface area (Å²) in [5, 5.41) is 0. The first-order chi connectivity index (χ1) is 9.47. The molecule has 0 spiro atoms. The van der Waals surface area contributed by atoms with Crippen LogP contribution in [0.15, 0.2) is 30.2 Å². The summed E-state index contributed by atoms with van der Waals surface area (Å²) in [4.78, 5) is 12.6. The lowest BCUT2D eigenvalue weighted by atomic mass is 10.0. The van der Waals surface area contributed by atoms with Crippen LogP contribution in [-0.2, 0) is 0 Å². The molecule has 0 aliphatic rings. The molecule has 7 heteroatoms. The third-order valence-corrected chi connectivity index (χ3v) is 5.58. The molecule has 0 atom stereocenters. The van der Waals surface area contributed by atoms with E-state index in [9.17, 15) is 4.79 Å². The summed E-state index contributed by atoms with van der Waals surface area (Å²) in [6, 6.07) is 5.18. The predicted octanol–water partition coefficient (Wildman–Crippen LogP) is 5.28. The summed E-state index contributed by atoms with van der Waals surface area (Å²) in [6.45, 7) is 0. The Kier molecular flexibility index (Phi) is 5.28. The largest absolute Gasteiger partial charge is 0.496 e. The number of carbonyl (C=O) groups is 1. The van der Waals surface area contributed by atoms with E-state index in [4.69, 9.17) is 9.47 Å². The van der Waals surface area contributed by atoms with Crippen molar-refractivity contribution in [1.29, 1.82) is 0 Å². The van der Waals surface area contributed by atoms with Gasteiger partial charge in [-0.2, -0.15) is 0 Å². The Bertz CT molecular complexity index is 667. The average molecular weight is 485 g/mol. The highest BCUT2D eigenvalue weighted by Crippen LogP contribution is 2.37. The molecule has 0 aliphatic carbocycles. The molecule has 0 N–H and O–H groups in total. The van der Waals surface area contributed by atoms with Crippen LogP contribution in [0.25, 0.3) is 0 Å². The van der Waals surface area contributed by atoms with Crippen LogP contribution in [0.4, 0.5) is 0 Å². The number of benzene rings is 1. The quantitative estimate of drug-likeness (QED) is 0.554. The molecular weight excluding hydrogens is 476 g/mol. The van der Waals surface area contributed by atoms with Gasteiger partial charge in [-0.3, -0.25) is 4.79 Å². The fourth-order valence-electron chi connectivity index (χ4n) is 1.68. The second-order valence-corrected chi connectivity index (χ2v) is 8.36. The van der Waals surface area contributed by atoms with E-state index >= 15 is 0 Å². The molecule has 0 saturated carbocycles. The zero-order chi connectivity index (χ0) is 14.9. The SMILES string of the molecule is COc1cc(C(=O)c2cc(Br)sc2Br)c(OC)cc1Br. The number of halogens is 3. The highest BCUT2D eigenvalue weighted by Gasteiger charge is 2.21. The highest BCUT2D eigenvalue weighted by molar-refractivity contribution is 9.12. The number of thiophene rings is 1. The summed E-state index contributed by atoms with van der Waals surface area (Å²) in [7, 11) is 3.08. The van der Waals surface area contributed by atoms with Crippen molar-refractivity contribution in [3.63, 3.8) is 0 Å². The molecule has 0 aliphatic heterocycles. The van der Waals surface area contributed by atoms with Crippen molar-refractivity contribution in [2.75, 3.05) is 14.2 Å². The van der Waals surface area contributed by atoms with Crippen molar-refractivity contribution in [3.8, 4) is 11.5 Å². The van der Waals surface area contributed by atoms with Gasteiger partial charge in [-0.1, -0.05) is 0 Å². The molecule has 0 radical (unpaired) electrons. The van der Waals surface area contributed by atoms with Crippen LogP contribution >= 0.6 is 59.1 Å². The highest BCUT2D eigenvalue weighted by atomic mass is 79.9. The minimum atomic E-state index is -0.124. The van der Waals surface area contributed by atoms with Gasteiger partial charge in [0.15, 0.2) is 5.78 Å². The molecule has 0 unspecified atom stereocenters. The fraction of sp³-hybridized carbons (Fsp3) is 0.154. The normalized spacial score (nSPS) is 10.4. The van der Waals surface area contributed by atoms with Crippen LogP contribution in [0.2, 0.25) is 0 Å². The maximum absolute atomic E-state index is 12.6. The Morgan fingerprint density at radius 2 is 1.65 bits per heavy atom. The number of ketones is 1. The topological polar surface area (TPSA) is 35.5 Å². The standard InChI is InChI=1S/C13H9Br3O3S/c1-18-9-5-8(14)10(19-2)3-6(9)12(17)7-4-11(15)20-13(7)16/h3-5H,1-2H3. The van der Waals surface area contributed by atoms with Crippen LogP contribution in [0.3, 0.4) is 0 Å². The zero-order valence-corrected chi connectivity index (χ0v) is 16.1. The monoisotopic (exact) mass is 482 g/mol. The fourth-order valence-corrected chi connectivity index (χ4v) is 4.96. The van der Waals surface area contributed by atoms with Crippen LogP contribution in [-0.4, -0.2) is 20.0 Å². The van der Waals surface area contributed by atoms with Gasteiger partial charge in [-0.25, -0.2) is 0 Å². The van der Waals surface area contributed by atoms with Crippen molar-refractivity contribution in [2.45, 2.75) is 0 Å². The number of ether oxygens (including phenoxy) is 2. The summed E-state index contributed by atoms with van der Waals surface area (Å²) in [5.41, 5.74) is 1.04. The molecule has 106 valence electrons. The van der Waals surface area contributed by atoms with Gasteiger partial charge in [-0.15, -0.1) is 11.3 Å². The Hall–Kier alpha value is -0.370. The molecule has 1 aromatic carbocycles. The number of carbonyl (C=O) groups excluding carboxylic acids is 1. The van der Waals surface area contributed by atoms with Gasteiger partial charge in [0.1, 0.15) is 11.5 Å². The molecule has 2 rings (SSSR count). The number of hydrogen-bond donors (Lipinski definition) is 0. The lowest BCUT2D eigenvalue weighted by Gasteiger charge is -2.11. The van der Waals surface area contributed by atoms with E-state index in [1.165, 1.54) is 18.4 Å². The van der Waals surface area contributed by atoms with Crippen molar-refractivity contribution in [3.05, 3.63) is 41.4 Å². The molecule has 1 aromatic heterocycles. The maximum Gasteiger partial charge on any atom is 0.198 e. The van der Waals surface area contributed by atoms with Crippen LogP contribution < -0.4 is 9.47 Å². The van der Waals surface area contributed by atoms with Gasteiger partial charge >= 0.3 is 0 Å². The van der Waals surface area contributed by atoms with E-state index in [-0.39, 0.29) is 5.78 Å². The summed E-state index contributed by atoms with van der Waals surface area (Å²) < 4.78 is 12.9. The van der Waals surface area contributed by atoms with Crippen molar-refractivity contribution < 1.29 is 14.3 Å². The molecule has 0 saturated heterocycles. The van der Waals surface area contributed by atoms with Crippen molar-refractivity contribution in [1.82, 2.24) is 0 Å². The Morgan fingerprint density at radius 1 is 1.00 bits per heavy atom. The van der Waals surface area contributed by atoms with Gasteiger partial charge < -0.3 is 9.47 Å². The van der Waals surface area contributed by atoms with E-state index < -0.39 is 0 Å². The Morgan fingerprint density at radius 3 is 2.15 bits per heavy atom. The second kappa shape index (κ2) is 6.60. The van der Waals surface area contributed by atoms with E-state index in [1.54, 1.807) is 25.3 Å². The smallest absolute Gasteiger partial charge is 0.198 e. The summed E-state index contributed by atoms with van der Waals surface area (Å²) in [5.74, 6) is 0.956. The first-order valence-electron chi connectivity index (χ1n) is 5.39. The summed E-state index contributed by atoms with van der Waals surface area (Å²) in [6.07, 6.45) is 0. The first kappa shape index (κ1) is 16.0. The number of methoxy groups -OCH3 is 2. The van der Waals surface area contributed by atoms with Gasteiger partial charge in [0, 0.05) is 5.56 Å². The maximum atomic E-state index is 12.6. The van der Waals surface area contributed by atoms with Gasteiger partial charge in [0.2, 0.25) is 0 Å². The van der Waals surface area contributed by atoms with Crippen LogP contribution in [0, 0.1) is 0 Å². The van der Waals surface area contributed by atoms with Gasteiger partial charge in [0.25, 0.3) is 0 Å². The van der Waals surface area contributed by atoms with Crippen LogP contribution in [0.1, 0.15) is 15.9 Å². The first-order valence-corrected chi connectivity index (χ1v) is 8.58. The minimum absolute atomic E-state index is 0.124. The van der Waals surface area contributed by atoms with E-state index in [2.05, 4.69) is 47.8 Å². The zero-order valence-electron chi connectivity index (χ0n) is 10.5. The number of hydrogen-bond acceptors (Lipinski definition) is 4. The molecule has 0 fully saturated rings. The lowest BCUT2D eigenvalue weighted by molar-refractivity contribution is 0.103. The van der Waals surface area contributed by atoms with E-state index in [0.717, 1.165) is 12.0 Å². The lowest BCUT2D eigenvalue weighted by Crippen LogP contribution is -2.04. The van der Waals surface area contributed by atoms with E-state index in [0.29, 0.717) is 22.6 Å². The Balaban J connectivity index is 2.56. The second-order valence-electron chi connectivity index (χ2n) is 3.75. The van der Waals surface area contributed by atoms with Crippen LogP contribution in [0.5, 0.6) is 11.5 Å². The minimum Gasteiger partial charge on any atom is -0.496 e. The van der Waals surface area contributed by atoms with Gasteiger partial charge in [0.05, 0.1) is 31.8 Å². The molecule has 2 aromatic rings. The molecule has 20 heavy (non-hydrogen) atoms. The molecule has 0 amide bonds.